The van der Waals surface area contributed by atoms with Gasteiger partial charge in [-0.25, -0.2) is 0 Å². The SMILES string of the molecule is Cc1ccc(CN)cc1OCc1ccc(CO)cc1. The van der Waals surface area contributed by atoms with E-state index >= 15 is 0 Å². The summed E-state index contributed by atoms with van der Waals surface area (Å²) in [6, 6.07) is 13.8. The lowest BCUT2D eigenvalue weighted by Gasteiger charge is -2.11. The first-order valence-corrected chi connectivity index (χ1v) is 6.34. The zero-order valence-corrected chi connectivity index (χ0v) is 11.1. The summed E-state index contributed by atoms with van der Waals surface area (Å²) >= 11 is 0. The Morgan fingerprint density at radius 2 is 1.63 bits per heavy atom. The second kappa shape index (κ2) is 6.36. The quantitative estimate of drug-likeness (QED) is 0.865. The van der Waals surface area contributed by atoms with Crippen LogP contribution in [0.1, 0.15) is 22.3 Å². The maximum atomic E-state index is 8.99. The minimum absolute atomic E-state index is 0.0682. The van der Waals surface area contributed by atoms with Crippen LogP contribution in [0.2, 0.25) is 0 Å². The summed E-state index contributed by atoms with van der Waals surface area (Å²) in [5, 5.41) is 8.99. The summed E-state index contributed by atoms with van der Waals surface area (Å²) in [6.45, 7) is 3.12. The molecule has 0 fully saturated rings. The van der Waals surface area contributed by atoms with Gasteiger partial charge in [-0.2, -0.15) is 0 Å². The summed E-state index contributed by atoms with van der Waals surface area (Å²) in [4.78, 5) is 0. The minimum Gasteiger partial charge on any atom is -0.489 e. The van der Waals surface area contributed by atoms with Crippen molar-refractivity contribution in [2.24, 2.45) is 5.73 Å². The van der Waals surface area contributed by atoms with Gasteiger partial charge >= 0.3 is 0 Å². The maximum Gasteiger partial charge on any atom is 0.123 e. The first-order valence-electron chi connectivity index (χ1n) is 6.34. The van der Waals surface area contributed by atoms with Crippen molar-refractivity contribution in [3.8, 4) is 5.75 Å². The third-order valence-electron chi connectivity index (χ3n) is 3.09. The average Bonchev–Trinajstić information content (AvgIpc) is 2.47. The molecule has 3 nitrogen and oxygen atoms in total. The Morgan fingerprint density at radius 1 is 1.00 bits per heavy atom. The number of rotatable bonds is 5. The molecule has 0 atom stereocenters. The number of aliphatic hydroxyl groups is 1. The smallest absolute Gasteiger partial charge is 0.123 e. The van der Waals surface area contributed by atoms with Crippen molar-refractivity contribution < 1.29 is 9.84 Å². The molecule has 0 aliphatic rings. The van der Waals surface area contributed by atoms with Gasteiger partial charge in [-0.3, -0.25) is 0 Å². The lowest BCUT2D eigenvalue weighted by atomic mass is 10.1. The van der Waals surface area contributed by atoms with E-state index in [1.807, 2.05) is 49.4 Å². The minimum atomic E-state index is 0.0682. The number of hydrogen-bond acceptors (Lipinski definition) is 3. The van der Waals surface area contributed by atoms with E-state index in [4.69, 9.17) is 15.6 Å². The second-order valence-electron chi connectivity index (χ2n) is 4.57. The Morgan fingerprint density at radius 3 is 2.26 bits per heavy atom. The van der Waals surface area contributed by atoms with E-state index in [1.54, 1.807) is 0 Å². The molecule has 0 aliphatic carbocycles. The van der Waals surface area contributed by atoms with Gasteiger partial charge in [0.05, 0.1) is 6.61 Å². The van der Waals surface area contributed by atoms with Crippen molar-refractivity contribution in [3.05, 3.63) is 64.7 Å². The van der Waals surface area contributed by atoms with Gasteiger partial charge in [0.25, 0.3) is 0 Å². The Bertz CT molecular complexity index is 535. The Labute approximate surface area is 113 Å². The topological polar surface area (TPSA) is 55.5 Å². The zero-order chi connectivity index (χ0) is 13.7. The predicted octanol–water partition coefficient (Wildman–Crippen LogP) is 2.53. The number of aryl methyl sites for hydroxylation is 1. The zero-order valence-electron chi connectivity index (χ0n) is 11.1. The molecule has 2 aromatic carbocycles. The normalized spacial score (nSPS) is 10.5. The van der Waals surface area contributed by atoms with E-state index in [0.717, 1.165) is 28.0 Å². The van der Waals surface area contributed by atoms with E-state index in [-0.39, 0.29) is 6.61 Å². The molecule has 100 valence electrons. The summed E-state index contributed by atoms with van der Waals surface area (Å²) in [5.74, 6) is 0.870. The highest BCUT2D eigenvalue weighted by atomic mass is 16.5. The first-order chi connectivity index (χ1) is 9.22. The molecule has 0 amide bonds. The highest BCUT2D eigenvalue weighted by molar-refractivity contribution is 5.36. The van der Waals surface area contributed by atoms with Crippen molar-refractivity contribution in [2.75, 3.05) is 0 Å². The van der Waals surface area contributed by atoms with Gasteiger partial charge in [-0.05, 0) is 35.2 Å². The molecule has 0 heterocycles. The second-order valence-corrected chi connectivity index (χ2v) is 4.57. The Kier molecular flexibility index (Phi) is 4.55. The van der Waals surface area contributed by atoms with Crippen LogP contribution in [-0.4, -0.2) is 5.11 Å². The standard InChI is InChI=1S/C16H19NO2/c1-12-2-3-15(9-17)8-16(12)19-11-14-6-4-13(10-18)5-7-14/h2-8,18H,9-11,17H2,1H3. The van der Waals surface area contributed by atoms with Crippen molar-refractivity contribution in [1.82, 2.24) is 0 Å². The van der Waals surface area contributed by atoms with Crippen LogP contribution in [0.15, 0.2) is 42.5 Å². The predicted molar refractivity (Wildman–Crippen MR) is 75.8 cm³/mol. The average molecular weight is 257 g/mol. The van der Waals surface area contributed by atoms with Gasteiger partial charge in [0, 0.05) is 6.54 Å². The fraction of sp³-hybridized carbons (Fsp3) is 0.250. The molecule has 0 saturated heterocycles. The molecule has 2 aromatic rings. The molecule has 0 unspecified atom stereocenters. The summed E-state index contributed by atoms with van der Waals surface area (Å²) in [5.41, 5.74) is 9.78. The fourth-order valence-corrected chi connectivity index (χ4v) is 1.83. The van der Waals surface area contributed by atoms with Gasteiger partial charge in [0.15, 0.2) is 0 Å². The molecule has 0 spiro atoms. The molecule has 0 radical (unpaired) electrons. The molecular formula is C16H19NO2. The van der Waals surface area contributed by atoms with Crippen LogP contribution in [0, 0.1) is 6.92 Å². The number of nitrogens with two attached hydrogens (primary N) is 1. The molecule has 0 bridgehead atoms. The van der Waals surface area contributed by atoms with Crippen LogP contribution in [0.4, 0.5) is 0 Å². The van der Waals surface area contributed by atoms with Crippen molar-refractivity contribution >= 4 is 0 Å². The van der Waals surface area contributed by atoms with E-state index in [0.29, 0.717) is 13.2 Å². The van der Waals surface area contributed by atoms with Crippen LogP contribution in [0.25, 0.3) is 0 Å². The number of benzene rings is 2. The Balaban J connectivity index is 2.05. The third-order valence-corrected chi connectivity index (χ3v) is 3.09. The van der Waals surface area contributed by atoms with Gasteiger partial charge in [-0.1, -0.05) is 36.4 Å². The Hall–Kier alpha value is -1.84. The molecule has 19 heavy (non-hydrogen) atoms. The van der Waals surface area contributed by atoms with E-state index in [9.17, 15) is 0 Å². The summed E-state index contributed by atoms with van der Waals surface area (Å²) in [6.07, 6.45) is 0. The van der Waals surface area contributed by atoms with Gasteiger partial charge in [0.2, 0.25) is 0 Å². The summed E-state index contributed by atoms with van der Waals surface area (Å²) in [7, 11) is 0. The fourth-order valence-electron chi connectivity index (χ4n) is 1.83. The lowest BCUT2D eigenvalue weighted by molar-refractivity contribution is 0.281. The number of aliphatic hydroxyl groups excluding tert-OH is 1. The van der Waals surface area contributed by atoms with Crippen LogP contribution in [-0.2, 0) is 19.8 Å². The van der Waals surface area contributed by atoms with Crippen molar-refractivity contribution in [2.45, 2.75) is 26.7 Å². The van der Waals surface area contributed by atoms with Crippen LogP contribution in [0.3, 0.4) is 0 Å². The maximum absolute atomic E-state index is 8.99. The molecule has 0 saturated carbocycles. The van der Waals surface area contributed by atoms with Crippen molar-refractivity contribution in [1.29, 1.82) is 0 Å². The van der Waals surface area contributed by atoms with Gasteiger partial charge in [0.1, 0.15) is 12.4 Å². The molecule has 3 heteroatoms. The van der Waals surface area contributed by atoms with Gasteiger partial charge < -0.3 is 15.6 Å². The molecule has 0 aliphatic heterocycles. The van der Waals surface area contributed by atoms with Gasteiger partial charge in [-0.15, -0.1) is 0 Å². The third kappa shape index (κ3) is 3.56. The van der Waals surface area contributed by atoms with Crippen LogP contribution in [0.5, 0.6) is 5.75 Å². The molecule has 2 rings (SSSR count). The highest BCUT2D eigenvalue weighted by Gasteiger charge is 2.02. The summed E-state index contributed by atoms with van der Waals surface area (Å²) < 4.78 is 5.82. The first kappa shape index (κ1) is 13.6. The monoisotopic (exact) mass is 257 g/mol. The van der Waals surface area contributed by atoms with Crippen LogP contribution < -0.4 is 10.5 Å². The number of hydrogen-bond donors (Lipinski definition) is 2. The van der Waals surface area contributed by atoms with E-state index in [2.05, 4.69) is 0 Å². The molecular weight excluding hydrogens is 238 g/mol. The highest BCUT2D eigenvalue weighted by Crippen LogP contribution is 2.20. The molecule has 0 aromatic heterocycles. The number of ether oxygens (including phenoxy) is 1. The van der Waals surface area contributed by atoms with Crippen LogP contribution >= 0.6 is 0 Å². The van der Waals surface area contributed by atoms with Crippen molar-refractivity contribution in [3.63, 3.8) is 0 Å². The van der Waals surface area contributed by atoms with E-state index < -0.39 is 0 Å². The van der Waals surface area contributed by atoms with E-state index in [1.165, 1.54) is 0 Å². The largest absolute Gasteiger partial charge is 0.489 e. The lowest BCUT2D eigenvalue weighted by Crippen LogP contribution is -2.00. The molecule has 3 N–H and O–H groups in total.